The summed E-state index contributed by atoms with van der Waals surface area (Å²) in [7, 11) is 0. The molecule has 1 heterocycles. The lowest BCUT2D eigenvalue weighted by atomic mass is 9.68. The van der Waals surface area contributed by atoms with E-state index in [1.165, 1.54) is 19.3 Å². The van der Waals surface area contributed by atoms with Gasteiger partial charge in [-0.1, -0.05) is 30.8 Å². The highest BCUT2D eigenvalue weighted by Crippen LogP contribution is 2.44. The topological polar surface area (TPSA) is 65.2 Å². The normalized spacial score (nSPS) is 22.2. The molecular weight excluding hydrogens is 256 g/mol. The number of rotatable bonds is 4. The van der Waals surface area contributed by atoms with Crippen LogP contribution in [-0.2, 0) is 14.9 Å². The largest absolute Gasteiger partial charge is 0.465 e. The Bertz CT molecular complexity index is 473. The molecule has 0 amide bonds. The van der Waals surface area contributed by atoms with Crippen molar-refractivity contribution in [3.8, 4) is 0 Å². The molecule has 0 saturated heterocycles. The Kier molecular flexibility index (Phi) is 3.76. The number of ether oxygens (including phenoxy) is 1. The molecule has 110 valence electrons. The molecule has 5 nitrogen and oxygen atoms in total. The molecule has 2 aliphatic carbocycles. The summed E-state index contributed by atoms with van der Waals surface area (Å²) < 4.78 is 10.6. The number of nitrogens with zero attached hydrogens (tertiary/aromatic N) is 2. The maximum absolute atomic E-state index is 12.2. The first-order valence-electron chi connectivity index (χ1n) is 7.77. The Hall–Kier alpha value is -1.39. The van der Waals surface area contributed by atoms with E-state index in [0.717, 1.165) is 37.9 Å². The van der Waals surface area contributed by atoms with Gasteiger partial charge in [-0.05, 0) is 32.6 Å². The van der Waals surface area contributed by atoms with Gasteiger partial charge in [0.05, 0.1) is 6.61 Å². The molecule has 1 aromatic heterocycles. The van der Waals surface area contributed by atoms with Gasteiger partial charge in [0, 0.05) is 5.92 Å². The predicted molar refractivity (Wildman–Crippen MR) is 72.3 cm³/mol. The lowest BCUT2D eigenvalue weighted by Crippen LogP contribution is -2.44. The molecule has 0 aliphatic heterocycles. The third kappa shape index (κ3) is 2.23. The van der Waals surface area contributed by atoms with Crippen LogP contribution < -0.4 is 0 Å². The van der Waals surface area contributed by atoms with Crippen molar-refractivity contribution in [2.45, 2.75) is 69.6 Å². The number of hydrogen-bond acceptors (Lipinski definition) is 5. The Balaban J connectivity index is 1.79. The molecule has 0 spiro atoms. The van der Waals surface area contributed by atoms with Crippen LogP contribution in [0, 0.1) is 0 Å². The van der Waals surface area contributed by atoms with Gasteiger partial charge in [0.15, 0.2) is 5.82 Å². The van der Waals surface area contributed by atoms with Crippen molar-refractivity contribution in [2.75, 3.05) is 6.61 Å². The minimum atomic E-state index is -0.657. The van der Waals surface area contributed by atoms with E-state index < -0.39 is 5.41 Å². The number of esters is 1. The highest BCUT2D eigenvalue weighted by molar-refractivity contribution is 5.83. The van der Waals surface area contributed by atoms with Gasteiger partial charge in [-0.25, -0.2) is 0 Å². The lowest BCUT2D eigenvalue weighted by molar-refractivity contribution is -0.155. The van der Waals surface area contributed by atoms with Crippen LogP contribution in [0.1, 0.15) is 75.9 Å². The zero-order valence-corrected chi connectivity index (χ0v) is 12.1. The summed E-state index contributed by atoms with van der Waals surface area (Å²) in [6, 6.07) is 0. The fourth-order valence-corrected chi connectivity index (χ4v) is 3.26. The van der Waals surface area contributed by atoms with Crippen LogP contribution in [0.15, 0.2) is 4.52 Å². The molecule has 2 fully saturated rings. The fourth-order valence-electron chi connectivity index (χ4n) is 3.26. The van der Waals surface area contributed by atoms with Crippen molar-refractivity contribution in [1.29, 1.82) is 0 Å². The Morgan fingerprint density at radius 3 is 2.65 bits per heavy atom. The highest BCUT2D eigenvalue weighted by Gasteiger charge is 2.52. The zero-order chi connectivity index (χ0) is 14.0. The first kappa shape index (κ1) is 13.6. The molecule has 1 aromatic rings. The standard InChI is InChI=1S/C15H22N2O3/c1-2-19-14(18)15(9-6-10-15)13-16-12(17-20-13)11-7-4-3-5-8-11/h11H,2-10H2,1H3. The minimum Gasteiger partial charge on any atom is -0.465 e. The fraction of sp³-hybridized carbons (Fsp3) is 0.800. The molecule has 0 aromatic carbocycles. The number of hydrogen-bond donors (Lipinski definition) is 0. The Morgan fingerprint density at radius 2 is 2.05 bits per heavy atom. The summed E-state index contributed by atoms with van der Waals surface area (Å²) in [6.45, 7) is 2.22. The quantitative estimate of drug-likeness (QED) is 0.792. The monoisotopic (exact) mass is 278 g/mol. The molecule has 20 heavy (non-hydrogen) atoms. The van der Waals surface area contributed by atoms with Crippen LogP contribution in [0.25, 0.3) is 0 Å². The summed E-state index contributed by atoms with van der Waals surface area (Å²) in [6.07, 6.45) is 8.57. The lowest BCUT2D eigenvalue weighted by Gasteiger charge is -2.35. The van der Waals surface area contributed by atoms with E-state index in [1.54, 1.807) is 0 Å². The second kappa shape index (κ2) is 5.54. The number of carbonyl (C=O) groups excluding carboxylic acids is 1. The summed E-state index contributed by atoms with van der Waals surface area (Å²) in [4.78, 5) is 16.7. The smallest absolute Gasteiger partial charge is 0.321 e. The van der Waals surface area contributed by atoms with Gasteiger partial charge in [-0.3, -0.25) is 4.79 Å². The highest BCUT2D eigenvalue weighted by atomic mass is 16.5. The van der Waals surface area contributed by atoms with Crippen molar-refractivity contribution >= 4 is 5.97 Å². The summed E-state index contributed by atoms with van der Waals surface area (Å²) in [5.41, 5.74) is -0.657. The molecule has 0 N–H and O–H groups in total. The van der Waals surface area contributed by atoms with E-state index in [0.29, 0.717) is 18.4 Å². The summed E-state index contributed by atoms with van der Waals surface area (Å²) in [5, 5.41) is 4.14. The van der Waals surface area contributed by atoms with Gasteiger partial charge in [-0.15, -0.1) is 0 Å². The van der Waals surface area contributed by atoms with Crippen molar-refractivity contribution in [2.24, 2.45) is 0 Å². The summed E-state index contributed by atoms with van der Waals surface area (Å²) in [5.74, 6) is 1.46. The van der Waals surface area contributed by atoms with Gasteiger partial charge >= 0.3 is 5.97 Å². The zero-order valence-electron chi connectivity index (χ0n) is 12.1. The molecule has 0 radical (unpaired) electrons. The van der Waals surface area contributed by atoms with Crippen LogP contribution in [-0.4, -0.2) is 22.7 Å². The Labute approximate surface area is 119 Å². The van der Waals surface area contributed by atoms with Crippen LogP contribution in [0.2, 0.25) is 0 Å². The van der Waals surface area contributed by atoms with Crippen LogP contribution in [0.3, 0.4) is 0 Å². The molecule has 2 aliphatic rings. The van der Waals surface area contributed by atoms with Crippen LogP contribution in [0.5, 0.6) is 0 Å². The Morgan fingerprint density at radius 1 is 1.30 bits per heavy atom. The van der Waals surface area contributed by atoms with Gasteiger partial charge in [0.25, 0.3) is 0 Å². The third-order valence-corrected chi connectivity index (χ3v) is 4.69. The summed E-state index contributed by atoms with van der Waals surface area (Å²) >= 11 is 0. The van der Waals surface area contributed by atoms with E-state index in [2.05, 4.69) is 10.1 Å². The third-order valence-electron chi connectivity index (χ3n) is 4.69. The molecule has 2 saturated carbocycles. The molecule has 0 bridgehead atoms. The SMILES string of the molecule is CCOC(=O)C1(c2nc(C3CCCCC3)no2)CCC1. The second-order valence-corrected chi connectivity index (χ2v) is 5.95. The van der Waals surface area contributed by atoms with Crippen LogP contribution in [0.4, 0.5) is 0 Å². The maximum atomic E-state index is 12.2. The average Bonchev–Trinajstić information content (AvgIpc) is 2.89. The van der Waals surface area contributed by atoms with Crippen molar-refractivity contribution in [3.63, 3.8) is 0 Å². The molecule has 3 rings (SSSR count). The molecule has 0 unspecified atom stereocenters. The van der Waals surface area contributed by atoms with Gasteiger partial charge in [0.1, 0.15) is 5.41 Å². The minimum absolute atomic E-state index is 0.204. The molecule has 5 heteroatoms. The van der Waals surface area contributed by atoms with E-state index in [4.69, 9.17) is 9.26 Å². The van der Waals surface area contributed by atoms with Crippen molar-refractivity contribution in [1.82, 2.24) is 10.1 Å². The first-order valence-corrected chi connectivity index (χ1v) is 7.77. The average molecular weight is 278 g/mol. The van der Waals surface area contributed by atoms with E-state index in [9.17, 15) is 4.79 Å². The number of carbonyl (C=O) groups is 1. The first-order chi connectivity index (χ1) is 9.76. The second-order valence-electron chi connectivity index (χ2n) is 5.95. The number of aromatic nitrogens is 2. The molecular formula is C15H22N2O3. The predicted octanol–water partition coefficient (Wildman–Crippen LogP) is 3.10. The van der Waals surface area contributed by atoms with E-state index >= 15 is 0 Å². The van der Waals surface area contributed by atoms with Crippen molar-refractivity contribution < 1.29 is 14.1 Å². The van der Waals surface area contributed by atoms with Crippen molar-refractivity contribution in [3.05, 3.63) is 11.7 Å². The molecule has 0 atom stereocenters. The van der Waals surface area contributed by atoms with Crippen LogP contribution >= 0.6 is 0 Å². The van der Waals surface area contributed by atoms with Gasteiger partial charge < -0.3 is 9.26 Å². The van der Waals surface area contributed by atoms with Gasteiger partial charge in [0.2, 0.25) is 5.89 Å². The maximum Gasteiger partial charge on any atom is 0.321 e. The van der Waals surface area contributed by atoms with E-state index in [1.807, 2.05) is 6.92 Å². The van der Waals surface area contributed by atoms with Gasteiger partial charge in [-0.2, -0.15) is 4.98 Å². The van der Waals surface area contributed by atoms with E-state index in [-0.39, 0.29) is 5.97 Å².